The predicted octanol–water partition coefficient (Wildman–Crippen LogP) is 5.60. The van der Waals surface area contributed by atoms with Gasteiger partial charge >= 0.3 is 6.03 Å². The summed E-state index contributed by atoms with van der Waals surface area (Å²) < 4.78 is 35.9. The maximum absolute atomic E-state index is 13.6. The van der Waals surface area contributed by atoms with Crippen molar-refractivity contribution in [1.82, 2.24) is 19.8 Å². The van der Waals surface area contributed by atoms with Gasteiger partial charge in [-0.2, -0.15) is 4.98 Å². The van der Waals surface area contributed by atoms with Crippen LogP contribution in [-0.2, 0) is 10.0 Å². The first kappa shape index (κ1) is 28.9. The number of likely N-dealkylation sites (tertiary alicyclic amines) is 1. The monoisotopic (exact) mass is 577 g/mol. The minimum atomic E-state index is -3.96. The minimum absolute atomic E-state index is 0.0135. The number of nitrogens with zero attached hydrogens (tertiary/aromatic N) is 4. The van der Waals surface area contributed by atoms with Crippen molar-refractivity contribution in [2.24, 2.45) is 5.92 Å². The van der Waals surface area contributed by atoms with Crippen molar-refractivity contribution in [2.45, 2.75) is 70.9 Å². The normalized spacial score (nSPS) is 19.9. The van der Waals surface area contributed by atoms with E-state index < -0.39 is 10.0 Å². The Balaban J connectivity index is 1.56. The van der Waals surface area contributed by atoms with Gasteiger partial charge in [0.05, 0.1) is 17.2 Å². The molecule has 218 valence electrons. The number of benzene rings is 2. The van der Waals surface area contributed by atoms with Gasteiger partial charge in [-0.15, -0.1) is 0 Å². The van der Waals surface area contributed by atoms with Crippen molar-refractivity contribution in [1.29, 1.82) is 0 Å². The smallest absolute Gasteiger partial charge is 0.320 e. The second-order valence-electron chi connectivity index (χ2n) is 11.6. The molecule has 3 heterocycles. The Bertz CT molecular complexity index is 1530. The van der Waals surface area contributed by atoms with Gasteiger partial charge in [0, 0.05) is 42.7 Å². The van der Waals surface area contributed by atoms with E-state index in [9.17, 15) is 13.2 Å². The zero-order valence-electron chi connectivity index (χ0n) is 24.6. The average Bonchev–Trinajstić information content (AvgIpc) is 2.90. The molecule has 0 spiro atoms. The van der Waals surface area contributed by atoms with Crippen molar-refractivity contribution in [2.75, 3.05) is 24.4 Å². The molecule has 1 fully saturated rings. The number of ether oxygens (including phenoxy) is 1. The summed E-state index contributed by atoms with van der Waals surface area (Å²) in [4.78, 5) is 26.6. The largest absolute Gasteiger partial charge is 0.477 e. The predicted molar refractivity (Wildman–Crippen MR) is 160 cm³/mol. The van der Waals surface area contributed by atoms with Crippen LogP contribution in [0.15, 0.2) is 53.4 Å². The van der Waals surface area contributed by atoms with Gasteiger partial charge in [-0.05, 0) is 82.7 Å². The average molecular weight is 578 g/mol. The van der Waals surface area contributed by atoms with Crippen LogP contribution < -0.4 is 9.46 Å². The number of carbonyl (C=O) groups excluding carboxylic acids is 1. The van der Waals surface area contributed by atoms with Crippen LogP contribution >= 0.6 is 0 Å². The number of anilines is 1. The molecule has 1 aromatic heterocycles. The van der Waals surface area contributed by atoms with Gasteiger partial charge in [0.2, 0.25) is 11.8 Å². The van der Waals surface area contributed by atoms with Gasteiger partial charge in [0.25, 0.3) is 10.0 Å². The standard InChI is InChI=1S/C31H39N5O4S/c1-19(2)36(20(3)4)31(37)35-14-13-26-23-11-8-12-25(15-23)41(38,39)34-30-32-27(29-21(5)9-7-10-22(29)6)16-28(33-30)40-18-24(26)17-35/h7-12,15-16,19-20,24,26H,13-14,17-18H2,1-6H3,(H,32,33,34)/t24-,26?/m1/s1. The van der Waals surface area contributed by atoms with Crippen molar-refractivity contribution in [3.8, 4) is 17.1 Å². The van der Waals surface area contributed by atoms with Crippen LogP contribution in [0.2, 0.25) is 0 Å². The third-order valence-corrected chi connectivity index (χ3v) is 9.37. The van der Waals surface area contributed by atoms with Crippen LogP contribution in [-0.4, -0.2) is 66.0 Å². The number of nitrogens with one attached hydrogen (secondary N) is 1. The topological polar surface area (TPSA) is 105 Å². The quantitative estimate of drug-likeness (QED) is 0.435. The molecular weight excluding hydrogens is 538 g/mol. The van der Waals surface area contributed by atoms with Crippen molar-refractivity contribution in [3.63, 3.8) is 0 Å². The molecule has 0 saturated carbocycles. The molecule has 2 aromatic carbocycles. The molecule has 1 saturated heterocycles. The van der Waals surface area contributed by atoms with E-state index in [2.05, 4.69) is 14.7 Å². The van der Waals surface area contributed by atoms with E-state index in [1.54, 1.807) is 24.3 Å². The molecule has 2 aliphatic heterocycles. The van der Waals surface area contributed by atoms with E-state index in [1.807, 2.05) is 75.6 Å². The van der Waals surface area contributed by atoms with Crippen LogP contribution in [0.25, 0.3) is 11.3 Å². The van der Waals surface area contributed by atoms with E-state index in [-0.39, 0.29) is 46.7 Å². The molecule has 2 atom stereocenters. The van der Waals surface area contributed by atoms with Gasteiger partial charge in [0.15, 0.2) is 0 Å². The van der Waals surface area contributed by atoms with Crippen LogP contribution in [0.3, 0.4) is 0 Å². The Morgan fingerprint density at radius 3 is 2.39 bits per heavy atom. The highest BCUT2D eigenvalue weighted by Gasteiger charge is 2.36. The fourth-order valence-corrected chi connectivity index (χ4v) is 7.19. The van der Waals surface area contributed by atoms with Gasteiger partial charge < -0.3 is 14.5 Å². The summed E-state index contributed by atoms with van der Waals surface area (Å²) >= 11 is 0. The lowest BCUT2D eigenvalue weighted by Gasteiger charge is -2.42. The third-order valence-electron chi connectivity index (χ3n) is 8.05. The SMILES string of the molecule is Cc1cccc(C)c1-c1cc2nc(n1)NS(=O)(=O)c1cccc(c1)C1CCN(C(=O)N(C(C)C)C(C)C)C[C@@H]1CO2. The van der Waals surface area contributed by atoms with E-state index in [0.717, 1.165) is 22.3 Å². The second kappa shape index (κ2) is 11.3. The molecule has 0 radical (unpaired) electrons. The molecule has 3 aromatic rings. The number of fused-ring (bicyclic) bond motifs is 6. The third kappa shape index (κ3) is 5.88. The Hall–Kier alpha value is -3.66. The molecule has 41 heavy (non-hydrogen) atoms. The molecule has 2 aliphatic rings. The fourth-order valence-electron chi connectivity index (χ4n) is 6.19. The Labute approximate surface area is 243 Å². The Kier molecular flexibility index (Phi) is 7.96. The van der Waals surface area contributed by atoms with Crippen molar-refractivity contribution >= 4 is 22.0 Å². The molecular formula is C31H39N5O4S. The second-order valence-corrected chi connectivity index (χ2v) is 13.3. The summed E-state index contributed by atoms with van der Waals surface area (Å²) in [6, 6.07) is 14.9. The van der Waals surface area contributed by atoms with E-state index in [4.69, 9.17) is 4.74 Å². The van der Waals surface area contributed by atoms with Crippen LogP contribution in [0.1, 0.15) is 56.7 Å². The van der Waals surface area contributed by atoms with Crippen molar-refractivity contribution < 1.29 is 17.9 Å². The van der Waals surface area contributed by atoms with Crippen LogP contribution in [0.5, 0.6) is 5.88 Å². The zero-order chi connectivity index (χ0) is 29.5. The number of rotatable bonds is 3. The van der Waals surface area contributed by atoms with Gasteiger partial charge in [-0.25, -0.2) is 22.9 Å². The minimum Gasteiger partial charge on any atom is -0.477 e. The summed E-state index contributed by atoms with van der Waals surface area (Å²) in [5.74, 6) is 0.182. The number of aromatic nitrogens is 2. The van der Waals surface area contributed by atoms with Gasteiger partial charge in [-0.3, -0.25) is 0 Å². The summed E-state index contributed by atoms with van der Waals surface area (Å²) in [5.41, 5.74) is 4.43. The molecule has 0 aliphatic carbocycles. The lowest BCUT2D eigenvalue weighted by Crippen LogP contribution is -2.54. The Morgan fingerprint density at radius 1 is 1.02 bits per heavy atom. The molecule has 2 amide bonds. The van der Waals surface area contributed by atoms with Gasteiger partial charge in [-0.1, -0.05) is 30.3 Å². The fraction of sp³-hybridized carbons (Fsp3) is 0.452. The number of hydrogen-bond donors (Lipinski definition) is 1. The summed E-state index contributed by atoms with van der Waals surface area (Å²) in [7, 11) is -3.96. The van der Waals surface area contributed by atoms with Crippen molar-refractivity contribution in [3.05, 3.63) is 65.2 Å². The number of urea groups is 1. The van der Waals surface area contributed by atoms with Crippen LogP contribution in [0.4, 0.5) is 10.7 Å². The molecule has 1 N–H and O–H groups in total. The number of hydrogen-bond acceptors (Lipinski definition) is 6. The molecule has 10 heteroatoms. The van der Waals surface area contributed by atoms with Crippen LogP contribution in [0, 0.1) is 19.8 Å². The number of piperidine rings is 1. The lowest BCUT2D eigenvalue weighted by atomic mass is 9.81. The molecule has 4 bridgehead atoms. The number of aryl methyl sites for hydroxylation is 2. The maximum atomic E-state index is 13.6. The lowest BCUT2D eigenvalue weighted by molar-refractivity contribution is 0.0845. The summed E-state index contributed by atoms with van der Waals surface area (Å²) in [6.07, 6.45) is 0.698. The highest BCUT2D eigenvalue weighted by atomic mass is 32.2. The van der Waals surface area contributed by atoms with E-state index >= 15 is 0 Å². The molecule has 1 unspecified atom stereocenters. The number of carbonyl (C=O) groups is 1. The summed E-state index contributed by atoms with van der Waals surface area (Å²) in [5, 5.41) is 0. The first-order valence-electron chi connectivity index (χ1n) is 14.2. The number of sulfonamides is 1. The summed E-state index contributed by atoms with van der Waals surface area (Å²) in [6.45, 7) is 13.5. The first-order valence-corrected chi connectivity index (χ1v) is 15.7. The van der Waals surface area contributed by atoms with Gasteiger partial charge in [0.1, 0.15) is 0 Å². The van der Waals surface area contributed by atoms with E-state index in [1.165, 1.54) is 0 Å². The number of amides is 2. The highest BCUT2D eigenvalue weighted by Crippen LogP contribution is 2.37. The maximum Gasteiger partial charge on any atom is 0.320 e. The Morgan fingerprint density at radius 2 is 1.71 bits per heavy atom. The van der Waals surface area contributed by atoms with E-state index in [0.29, 0.717) is 31.8 Å². The zero-order valence-corrected chi connectivity index (χ0v) is 25.4. The highest BCUT2D eigenvalue weighted by molar-refractivity contribution is 7.92. The molecule has 5 rings (SSSR count). The molecule has 9 nitrogen and oxygen atoms in total. The first-order chi connectivity index (χ1) is 19.4.